The number of hydrogen-bond acceptors (Lipinski definition) is 7. The van der Waals surface area contributed by atoms with E-state index in [4.69, 9.17) is 13.9 Å². The highest BCUT2D eigenvalue weighted by molar-refractivity contribution is 5.74. The van der Waals surface area contributed by atoms with Gasteiger partial charge < -0.3 is 18.3 Å². The van der Waals surface area contributed by atoms with Crippen LogP contribution in [0.4, 0.5) is 0 Å². The minimum absolute atomic E-state index is 0.105. The molecule has 0 bridgehead atoms. The van der Waals surface area contributed by atoms with Crippen molar-refractivity contribution in [2.75, 3.05) is 0 Å². The van der Waals surface area contributed by atoms with E-state index in [1.807, 2.05) is 0 Å². The lowest BCUT2D eigenvalue weighted by atomic mass is 10.1. The van der Waals surface area contributed by atoms with Gasteiger partial charge in [0, 0.05) is 0 Å². The van der Waals surface area contributed by atoms with Crippen molar-refractivity contribution in [3.8, 4) is 0 Å². The molecule has 7 nitrogen and oxygen atoms in total. The molecule has 7 heteroatoms. The smallest absolute Gasteiger partial charge is 0.459 e. The molecule has 0 unspecified atom stereocenters. The molecule has 0 saturated heterocycles. The van der Waals surface area contributed by atoms with Crippen molar-refractivity contribution >= 4 is 11.9 Å². The van der Waals surface area contributed by atoms with E-state index in [0.29, 0.717) is 0 Å². The zero-order valence-electron chi connectivity index (χ0n) is 12.8. The predicted octanol–water partition coefficient (Wildman–Crippen LogP) is 1.95. The summed E-state index contributed by atoms with van der Waals surface area (Å²) >= 11 is 0. The lowest BCUT2D eigenvalue weighted by Gasteiger charge is -2.25. The highest BCUT2D eigenvalue weighted by atomic mass is 16.6. The summed E-state index contributed by atoms with van der Waals surface area (Å²) in [5, 5.41) is 0. The standard InChI is InChI=1S/C14H20O7/c1-8(2)12(16)21-14(4,5)6-11(15)18-7-10-9(3)19-13(17)20-10/h8H,6-7H2,1-5H3. The highest BCUT2D eigenvalue weighted by Crippen LogP contribution is 2.18. The zero-order valence-corrected chi connectivity index (χ0v) is 12.8. The molecule has 0 radical (unpaired) electrons. The summed E-state index contributed by atoms with van der Waals surface area (Å²) < 4.78 is 19.5. The van der Waals surface area contributed by atoms with Crippen LogP contribution in [0.25, 0.3) is 0 Å². The molecule has 118 valence electrons. The third kappa shape index (κ3) is 5.45. The van der Waals surface area contributed by atoms with E-state index in [1.54, 1.807) is 27.7 Å². The van der Waals surface area contributed by atoms with E-state index in [1.165, 1.54) is 6.92 Å². The molecule has 0 saturated carbocycles. The predicted molar refractivity (Wildman–Crippen MR) is 71.4 cm³/mol. The average Bonchev–Trinajstić information content (AvgIpc) is 2.63. The molecule has 1 rings (SSSR count). The first-order valence-electron chi connectivity index (χ1n) is 6.58. The molecule has 0 aromatic carbocycles. The molecule has 0 aliphatic rings. The Morgan fingerprint density at radius 1 is 1.24 bits per heavy atom. The third-order valence-electron chi connectivity index (χ3n) is 2.62. The summed E-state index contributed by atoms with van der Waals surface area (Å²) in [7, 11) is 0. The van der Waals surface area contributed by atoms with E-state index in [9.17, 15) is 14.4 Å². The fourth-order valence-electron chi connectivity index (χ4n) is 1.48. The molecular formula is C14H20O7. The molecular weight excluding hydrogens is 280 g/mol. The molecule has 1 heterocycles. The molecule has 0 amide bonds. The van der Waals surface area contributed by atoms with Crippen LogP contribution < -0.4 is 5.82 Å². The van der Waals surface area contributed by atoms with Crippen molar-refractivity contribution in [2.45, 2.75) is 53.2 Å². The molecule has 1 aromatic rings. The van der Waals surface area contributed by atoms with Gasteiger partial charge >= 0.3 is 17.8 Å². The Labute approximate surface area is 122 Å². The van der Waals surface area contributed by atoms with Crippen LogP contribution in [0, 0.1) is 12.8 Å². The van der Waals surface area contributed by atoms with E-state index in [0.717, 1.165) is 0 Å². The van der Waals surface area contributed by atoms with Crippen LogP contribution in [-0.2, 0) is 25.7 Å². The van der Waals surface area contributed by atoms with E-state index < -0.39 is 17.4 Å². The molecule has 21 heavy (non-hydrogen) atoms. The Balaban J connectivity index is 2.51. The Morgan fingerprint density at radius 2 is 1.86 bits per heavy atom. The van der Waals surface area contributed by atoms with E-state index >= 15 is 0 Å². The van der Waals surface area contributed by atoms with Gasteiger partial charge in [0.25, 0.3) is 0 Å². The Morgan fingerprint density at radius 3 is 2.33 bits per heavy atom. The van der Waals surface area contributed by atoms with Crippen LogP contribution in [0.5, 0.6) is 0 Å². The maximum Gasteiger partial charge on any atom is 0.519 e. The second-order valence-electron chi connectivity index (χ2n) is 5.61. The summed E-state index contributed by atoms with van der Waals surface area (Å²) in [6.07, 6.45) is -0.105. The van der Waals surface area contributed by atoms with Crippen molar-refractivity contribution in [2.24, 2.45) is 5.92 Å². The van der Waals surface area contributed by atoms with Gasteiger partial charge in [-0.2, -0.15) is 0 Å². The minimum atomic E-state index is -0.968. The largest absolute Gasteiger partial charge is 0.519 e. The summed E-state index contributed by atoms with van der Waals surface area (Å²) in [5.74, 6) is -1.65. The molecule has 0 fully saturated rings. The van der Waals surface area contributed by atoms with Crippen molar-refractivity contribution in [3.63, 3.8) is 0 Å². The van der Waals surface area contributed by atoms with Gasteiger partial charge in [0.05, 0.1) is 12.3 Å². The van der Waals surface area contributed by atoms with Gasteiger partial charge in [-0.25, -0.2) is 4.79 Å². The van der Waals surface area contributed by atoms with Crippen molar-refractivity contribution in [3.05, 3.63) is 22.1 Å². The quantitative estimate of drug-likeness (QED) is 0.741. The van der Waals surface area contributed by atoms with Gasteiger partial charge in [-0.05, 0) is 20.8 Å². The fraction of sp³-hybridized carbons (Fsp3) is 0.643. The summed E-state index contributed by atoms with van der Waals surface area (Å²) in [6.45, 7) is 7.99. The Kier molecular flexibility index (Phi) is 5.34. The maximum atomic E-state index is 11.7. The average molecular weight is 300 g/mol. The summed E-state index contributed by atoms with van der Waals surface area (Å²) in [4.78, 5) is 34.1. The molecule has 0 aliphatic carbocycles. The first-order valence-corrected chi connectivity index (χ1v) is 6.58. The molecule has 0 aliphatic heterocycles. The second-order valence-corrected chi connectivity index (χ2v) is 5.61. The van der Waals surface area contributed by atoms with Crippen LogP contribution in [0.2, 0.25) is 0 Å². The Hall–Kier alpha value is -2.05. The lowest BCUT2D eigenvalue weighted by Crippen LogP contribution is -2.33. The molecule has 0 atom stereocenters. The van der Waals surface area contributed by atoms with E-state index in [-0.39, 0.29) is 36.4 Å². The summed E-state index contributed by atoms with van der Waals surface area (Å²) in [5.41, 5.74) is -0.968. The number of carbonyl (C=O) groups excluding carboxylic acids is 2. The van der Waals surface area contributed by atoms with Crippen molar-refractivity contribution < 1.29 is 27.9 Å². The SMILES string of the molecule is Cc1oc(=O)oc1COC(=O)CC(C)(C)OC(=O)C(C)C. The first kappa shape index (κ1) is 17.0. The number of esters is 2. The first-order chi connectivity index (χ1) is 9.60. The van der Waals surface area contributed by atoms with Crippen LogP contribution in [0.3, 0.4) is 0 Å². The third-order valence-corrected chi connectivity index (χ3v) is 2.62. The van der Waals surface area contributed by atoms with E-state index in [2.05, 4.69) is 4.42 Å². The Bertz CT molecular complexity index is 562. The number of hydrogen-bond donors (Lipinski definition) is 0. The normalized spacial score (nSPS) is 11.5. The lowest BCUT2D eigenvalue weighted by molar-refractivity contribution is -0.166. The topological polar surface area (TPSA) is 96.0 Å². The number of rotatable bonds is 6. The van der Waals surface area contributed by atoms with Crippen LogP contribution >= 0.6 is 0 Å². The molecule has 0 spiro atoms. The fourth-order valence-corrected chi connectivity index (χ4v) is 1.48. The van der Waals surface area contributed by atoms with Gasteiger partial charge in [-0.15, -0.1) is 0 Å². The maximum absolute atomic E-state index is 11.7. The van der Waals surface area contributed by atoms with Gasteiger partial charge in [-0.3, -0.25) is 9.59 Å². The van der Waals surface area contributed by atoms with Gasteiger partial charge in [0.15, 0.2) is 18.1 Å². The van der Waals surface area contributed by atoms with Gasteiger partial charge in [-0.1, -0.05) is 13.8 Å². The zero-order chi connectivity index (χ0) is 16.2. The number of carbonyl (C=O) groups is 2. The van der Waals surface area contributed by atoms with Crippen molar-refractivity contribution in [1.29, 1.82) is 0 Å². The van der Waals surface area contributed by atoms with Gasteiger partial charge in [0.2, 0.25) is 0 Å². The van der Waals surface area contributed by atoms with Gasteiger partial charge in [0.1, 0.15) is 5.60 Å². The van der Waals surface area contributed by atoms with Crippen molar-refractivity contribution in [1.82, 2.24) is 0 Å². The molecule has 1 aromatic heterocycles. The highest BCUT2D eigenvalue weighted by Gasteiger charge is 2.28. The monoisotopic (exact) mass is 300 g/mol. The number of aryl methyl sites for hydroxylation is 1. The van der Waals surface area contributed by atoms with Crippen LogP contribution in [0.15, 0.2) is 13.6 Å². The number of ether oxygens (including phenoxy) is 2. The second kappa shape index (κ2) is 6.60. The minimum Gasteiger partial charge on any atom is -0.459 e. The van der Waals surface area contributed by atoms with Crippen LogP contribution in [0.1, 0.15) is 45.6 Å². The van der Waals surface area contributed by atoms with Crippen LogP contribution in [-0.4, -0.2) is 17.5 Å². The molecule has 0 N–H and O–H groups in total. The summed E-state index contributed by atoms with van der Waals surface area (Å²) in [6, 6.07) is 0.